The first-order valence-corrected chi connectivity index (χ1v) is 6.10. The summed E-state index contributed by atoms with van der Waals surface area (Å²) in [6, 6.07) is 3.39. The molecule has 0 saturated heterocycles. The molecule has 4 heteroatoms. The van der Waals surface area contributed by atoms with E-state index in [2.05, 4.69) is 17.2 Å². The third-order valence-electron chi connectivity index (χ3n) is 2.92. The van der Waals surface area contributed by atoms with Crippen molar-refractivity contribution in [3.05, 3.63) is 53.5 Å². The molecule has 0 saturated carbocycles. The number of halogens is 1. The van der Waals surface area contributed by atoms with Crippen LogP contribution in [0.5, 0.6) is 0 Å². The molecule has 0 radical (unpaired) electrons. The van der Waals surface area contributed by atoms with E-state index in [-0.39, 0.29) is 11.9 Å². The molecular formula is C14H17FN2O. The van der Waals surface area contributed by atoms with Crippen LogP contribution in [0.25, 0.3) is 0 Å². The van der Waals surface area contributed by atoms with Gasteiger partial charge in [0.2, 0.25) is 0 Å². The predicted molar refractivity (Wildman–Crippen MR) is 67.8 cm³/mol. The SMILES string of the molecule is CCCNC(c1ccncc1F)c1ccoc1C. The number of hydrogen-bond acceptors (Lipinski definition) is 3. The zero-order valence-electron chi connectivity index (χ0n) is 10.6. The van der Waals surface area contributed by atoms with Crippen molar-refractivity contribution in [1.82, 2.24) is 10.3 Å². The molecule has 0 bridgehead atoms. The lowest BCUT2D eigenvalue weighted by Gasteiger charge is -2.19. The van der Waals surface area contributed by atoms with E-state index in [0.29, 0.717) is 5.56 Å². The number of aromatic nitrogens is 1. The maximum atomic E-state index is 13.9. The van der Waals surface area contributed by atoms with Crippen LogP contribution in [-0.2, 0) is 0 Å². The van der Waals surface area contributed by atoms with Crippen LogP contribution in [0.3, 0.4) is 0 Å². The molecule has 2 aromatic rings. The van der Waals surface area contributed by atoms with Crippen molar-refractivity contribution in [2.24, 2.45) is 0 Å². The maximum Gasteiger partial charge on any atom is 0.146 e. The van der Waals surface area contributed by atoms with Gasteiger partial charge in [-0.1, -0.05) is 6.92 Å². The molecule has 0 spiro atoms. The molecule has 0 aliphatic heterocycles. The van der Waals surface area contributed by atoms with Crippen LogP contribution >= 0.6 is 0 Å². The molecule has 3 nitrogen and oxygen atoms in total. The first kappa shape index (κ1) is 12.8. The van der Waals surface area contributed by atoms with Crippen molar-refractivity contribution in [3.8, 4) is 0 Å². The van der Waals surface area contributed by atoms with Gasteiger partial charge in [-0.2, -0.15) is 0 Å². The first-order valence-electron chi connectivity index (χ1n) is 6.10. The Bertz CT molecular complexity index is 510. The highest BCUT2D eigenvalue weighted by molar-refractivity contribution is 5.32. The van der Waals surface area contributed by atoms with Gasteiger partial charge in [-0.05, 0) is 32.0 Å². The number of hydrogen-bond donors (Lipinski definition) is 1. The van der Waals surface area contributed by atoms with Crippen molar-refractivity contribution in [2.75, 3.05) is 6.54 Å². The van der Waals surface area contributed by atoms with Crippen LogP contribution in [0.1, 0.15) is 36.3 Å². The van der Waals surface area contributed by atoms with Gasteiger partial charge in [0.1, 0.15) is 11.6 Å². The summed E-state index contributed by atoms with van der Waals surface area (Å²) in [5.41, 5.74) is 1.57. The molecule has 18 heavy (non-hydrogen) atoms. The Kier molecular flexibility index (Phi) is 4.10. The van der Waals surface area contributed by atoms with Gasteiger partial charge < -0.3 is 9.73 Å². The molecule has 0 aromatic carbocycles. The van der Waals surface area contributed by atoms with Gasteiger partial charge in [0.25, 0.3) is 0 Å². The summed E-state index contributed by atoms with van der Waals surface area (Å²) in [4.78, 5) is 3.79. The topological polar surface area (TPSA) is 38.1 Å². The lowest BCUT2D eigenvalue weighted by Crippen LogP contribution is -2.24. The van der Waals surface area contributed by atoms with Crippen LogP contribution in [0.2, 0.25) is 0 Å². The molecule has 1 unspecified atom stereocenters. The number of pyridine rings is 1. The molecule has 0 aliphatic carbocycles. The second-order valence-electron chi connectivity index (χ2n) is 4.22. The standard InChI is InChI=1S/C14H17FN2O/c1-3-6-17-14(11-5-8-18-10(11)2)12-4-7-16-9-13(12)15/h4-5,7-9,14,17H,3,6H2,1-2H3. The van der Waals surface area contributed by atoms with Crippen molar-refractivity contribution in [2.45, 2.75) is 26.3 Å². The fourth-order valence-corrected chi connectivity index (χ4v) is 1.99. The van der Waals surface area contributed by atoms with Crippen molar-refractivity contribution in [3.63, 3.8) is 0 Å². The van der Waals surface area contributed by atoms with E-state index < -0.39 is 0 Å². The maximum absolute atomic E-state index is 13.9. The van der Waals surface area contributed by atoms with E-state index in [4.69, 9.17) is 4.42 Å². The highest BCUT2D eigenvalue weighted by atomic mass is 19.1. The summed E-state index contributed by atoms with van der Waals surface area (Å²) >= 11 is 0. The average molecular weight is 248 g/mol. The molecule has 0 amide bonds. The van der Waals surface area contributed by atoms with Gasteiger partial charge in [-0.25, -0.2) is 4.39 Å². The Morgan fingerprint density at radius 3 is 2.83 bits per heavy atom. The summed E-state index contributed by atoms with van der Waals surface area (Å²) in [6.07, 6.45) is 5.46. The van der Waals surface area contributed by atoms with E-state index in [1.54, 1.807) is 18.5 Å². The summed E-state index contributed by atoms with van der Waals surface area (Å²) in [6.45, 7) is 4.78. The minimum atomic E-state index is -0.299. The number of furan rings is 1. The molecule has 0 fully saturated rings. The highest BCUT2D eigenvalue weighted by Gasteiger charge is 2.20. The van der Waals surface area contributed by atoms with Crippen molar-refractivity contribution in [1.29, 1.82) is 0 Å². The number of nitrogens with one attached hydrogen (secondary N) is 1. The van der Waals surface area contributed by atoms with Crippen molar-refractivity contribution < 1.29 is 8.81 Å². The molecule has 2 rings (SSSR count). The Balaban J connectivity index is 2.37. The Labute approximate surface area is 106 Å². The molecule has 96 valence electrons. The summed E-state index contributed by atoms with van der Waals surface area (Å²) in [5.74, 6) is 0.506. The van der Waals surface area contributed by atoms with Gasteiger partial charge >= 0.3 is 0 Å². The lowest BCUT2D eigenvalue weighted by atomic mass is 9.99. The second-order valence-corrected chi connectivity index (χ2v) is 4.22. The third kappa shape index (κ3) is 2.59. The summed E-state index contributed by atoms with van der Waals surface area (Å²) in [7, 11) is 0. The van der Waals surface area contributed by atoms with Crippen molar-refractivity contribution >= 4 is 0 Å². The predicted octanol–water partition coefficient (Wildman–Crippen LogP) is 3.21. The molecule has 1 N–H and O–H groups in total. The smallest absolute Gasteiger partial charge is 0.146 e. The van der Waals surface area contributed by atoms with Crippen LogP contribution < -0.4 is 5.32 Å². The van der Waals surface area contributed by atoms with Gasteiger partial charge in [0.15, 0.2) is 0 Å². The van der Waals surface area contributed by atoms with Gasteiger partial charge in [0, 0.05) is 17.3 Å². The Morgan fingerprint density at radius 1 is 1.39 bits per heavy atom. The summed E-state index contributed by atoms with van der Waals surface area (Å²) in [5, 5.41) is 3.34. The second kappa shape index (κ2) is 5.78. The van der Waals surface area contributed by atoms with E-state index in [9.17, 15) is 4.39 Å². The Morgan fingerprint density at radius 2 is 2.22 bits per heavy atom. The quantitative estimate of drug-likeness (QED) is 0.883. The minimum absolute atomic E-state index is 0.188. The average Bonchev–Trinajstić information content (AvgIpc) is 2.78. The lowest BCUT2D eigenvalue weighted by molar-refractivity contribution is 0.508. The highest BCUT2D eigenvalue weighted by Crippen LogP contribution is 2.27. The van der Waals surface area contributed by atoms with E-state index in [0.717, 1.165) is 24.3 Å². The van der Waals surface area contributed by atoms with Crippen LogP contribution in [-0.4, -0.2) is 11.5 Å². The molecule has 2 aromatic heterocycles. The number of aryl methyl sites for hydroxylation is 1. The zero-order valence-corrected chi connectivity index (χ0v) is 10.6. The monoisotopic (exact) mass is 248 g/mol. The van der Waals surface area contributed by atoms with Gasteiger partial charge in [0.05, 0.1) is 18.5 Å². The van der Waals surface area contributed by atoms with Crippen LogP contribution in [0.15, 0.2) is 35.2 Å². The molecule has 0 aliphatic rings. The Hall–Kier alpha value is -1.68. The normalized spacial score (nSPS) is 12.6. The van der Waals surface area contributed by atoms with E-state index in [1.165, 1.54) is 6.20 Å². The zero-order chi connectivity index (χ0) is 13.0. The fourth-order valence-electron chi connectivity index (χ4n) is 1.99. The number of nitrogens with zero attached hydrogens (tertiary/aromatic N) is 1. The third-order valence-corrected chi connectivity index (χ3v) is 2.92. The van der Waals surface area contributed by atoms with E-state index >= 15 is 0 Å². The van der Waals surface area contributed by atoms with Crippen LogP contribution in [0, 0.1) is 12.7 Å². The van der Waals surface area contributed by atoms with Gasteiger partial charge in [-0.15, -0.1) is 0 Å². The van der Waals surface area contributed by atoms with E-state index in [1.807, 2.05) is 13.0 Å². The van der Waals surface area contributed by atoms with Crippen LogP contribution in [0.4, 0.5) is 4.39 Å². The van der Waals surface area contributed by atoms with Gasteiger partial charge in [-0.3, -0.25) is 4.98 Å². The molecule has 1 atom stereocenters. The minimum Gasteiger partial charge on any atom is -0.469 e. The molecular weight excluding hydrogens is 231 g/mol. The first-order chi connectivity index (χ1) is 8.74. The largest absolute Gasteiger partial charge is 0.469 e. The molecule has 2 heterocycles. The fraction of sp³-hybridized carbons (Fsp3) is 0.357. The number of rotatable bonds is 5. The summed E-state index contributed by atoms with van der Waals surface area (Å²) < 4.78 is 19.2.